The highest BCUT2D eigenvalue weighted by Gasteiger charge is 2.10. The molecule has 6 nitrogen and oxygen atoms in total. The summed E-state index contributed by atoms with van der Waals surface area (Å²) in [5.74, 6) is -0.858. The maximum Gasteiger partial charge on any atom is 0.257 e. The first-order valence-corrected chi connectivity index (χ1v) is 9.90. The van der Waals surface area contributed by atoms with E-state index in [9.17, 15) is 14.4 Å². The van der Waals surface area contributed by atoms with Gasteiger partial charge in [-0.25, -0.2) is 0 Å². The summed E-state index contributed by atoms with van der Waals surface area (Å²) < 4.78 is 0. The van der Waals surface area contributed by atoms with Crippen molar-refractivity contribution in [2.75, 3.05) is 11.9 Å². The number of Topliss-reactive ketones (excluding diaryl/α,β-unsaturated/α-hetero) is 1. The van der Waals surface area contributed by atoms with Crippen molar-refractivity contribution in [1.29, 1.82) is 0 Å². The molecule has 0 fully saturated rings. The number of amides is 2. The first kappa shape index (κ1) is 22.1. The molecule has 0 aromatic heterocycles. The molecule has 2 aromatic rings. The summed E-state index contributed by atoms with van der Waals surface area (Å²) in [6.45, 7) is 6.11. The van der Waals surface area contributed by atoms with Crippen molar-refractivity contribution in [3.63, 3.8) is 0 Å². The van der Waals surface area contributed by atoms with Gasteiger partial charge in [-0.3, -0.25) is 25.2 Å². The molecule has 6 heteroatoms. The number of rotatable bonds is 9. The van der Waals surface area contributed by atoms with Gasteiger partial charge in [0, 0.05) is 24.1 Å². The number of anilines is 1. The van der Waals surface area contributed by atoms with Crippen LogP contribution in [0.5, 0.6) is 0 Å². The summed E-state index contributed by atoms with van der Waals surface area (Å²) in [5, 5.41) is 3.03. The second kappa shape index (κ2) is 11.0. The molecular weight excluding hydrogens is 366 g/mol. The summed E-state index contributed by atoms with van der Waals surface area (Å²) in [6.07, 6.45) is 2.14. The number of benzene rings is 2. The number of ketones is 1. The molecule has 0 heterocycles. The third-order valence-electron chi connectivity index (χ3n) is 4.56. The molecule has 0 radical (unpaired) electrons. The van der Waals surface area contributed by atoms with Crippen LogP contribution in [0.15, 0.2) is 42.5 Å². The Balaban J connectivity index is 1.69. The van der Waals surface area contributed by atoms with Crippen LogP contribution in [0.2, 0.25) is 0 Å². The van der Waals surface area contributed by atoms with Crippen LogP contribution in [0, 0.1) is 13.8 Å². The fourth-order valence-electron chi connectivity index (χ4n) is 2.95. The Morgan fingerprint density at radius 2 is 1.55 bits per heavy atom. The molecule has 0 unspecified atom stereocenters. The van der Waals surface area contributed by atoms with E-state index in [2.05, 4.69) is 23.1 Å². The van der Waals surface area contributed by atoms with Gasteiger partial charge in [0.25, 0.3) is 5.91 Å². The lowest BCUT2D eigenvalue weighted by Crippen LogP contribution is -2.44. The van der Waals surface area contributed by atoms with Gasteiger partial charge < -0.3 is 5.32 Å². The molecule has 0 aliphatic carbocycles. The van der Waals surface area contributed by atoms with E-state index in [4.69, 9.17) is 0 Å². The van der Waals surface area contributed by atoms with E-state index in [1.54, 1.807) is 12.1 Å². The quantitative estimate of drug-likeness (QED) is 0.448. The number of hydrazine groups is 1. The fourth-order valence-corrected chi connectivity index (χ4v) is 2.95. The van der Waals surface area contributed by atoms with Gasteiger partial charge in [0.15, 0.2) is 5.78 Å². The third-order valence-corrected chi connectivity index (χ3v) is 4.56. The molecule has 0 atom stereocenters. The largest absolute Gasteiger partial charge is 0.376 e. The van der Waals surface area contributed by atoms with Crippen molar-refractivity contribution in [2.24, 2.45) is 0 Å². The van der Waals surface area contributed by atoms with E-state index >= 15 is 0 Å². The van der Waals surface area contributed by atoms with Crippen LogP contribution < -0.4 is 16.2 Å². The summed E-state index contributed by atoms with van der Waals surface area (Å²) in [7, 11) is 0. The monoisotopic (exact) mass is 395 g/mol. The Hall–Kier alpha value is -3.15. The summed E-state index contributed by atoms with van der Waals surface area (Å²) in [4.78, 5) is 36.0. The van der Waals surface area contributed by atoms with E-state index in [1.165, 1.54) is 5.56 Å². The number of hydrogen-bond donors (Lipinski definition) is 3. The minimum absolute atomic E-state index is 0.0142. The van der Waals surface area contributed by atoms with Gasteiger partial charge in [-0.2, -0.15) is 0 Å². The lowest BCUT2D eigenvalue weighted by Gasteiger charge is -2.11. The molecule has 0 saturated heterocycles. The Morgan fingerprint density at radius 1 is 0.862 bits per heavy atom. The molecule has 2 aromatic carbocycles. The molecule has 2 rings (SSSR count). The van der Waals surface area contributed by atoms with E-state index in [-0.39, 0.29) is 31.1 Å². The van der Waals surface area contributed by atoms with Crippen molar-refractivity contribution in [2.45, 2.75) is 46.5 Å². The van der Waals surface area contributed by atoms with Crippen molar-refractivity contribution in [1.82, 2.24) is 10.9 Å². The van der Waals surface area contributed by atoms with Crippen LogP contribution in [-0.2, 0) is 16.0 Å². The van der Waals surface area contributed by atoms with E-state index < -0.39 is 5.91 Å². The maximum absolute atomic E-state index is 12.2. The molecule has 29 heavy (non-hydrogen) atoms. The first-order valence-electron chi connectivity index (χ1n) is 9.90. The summed E-state index contributed by atoms with van der Waals surface area (Å²) in [5.41, 5.74) is 9.55. The third kappa shape index (κ3) is 7.41. The molecule has 154 valence electrons. The van der Waals surface area contributed by atoms with Crippen LogP contribution in [0.4, 0.5) is 5.69 Å². The van der Waals surface area contributed by atoms with E-state index in [0.717, 1.165) is 29.7 Å². The molecular formula is C23H29N3O3. The fraction of sp³-hybridized carbons (Fsp3) is 0.348. The zero-order valence-electron chi connectivity index (χ0n) is 17.3. The molecule has 2 amide bonds. The number of carbonyl (C=O) groups is 3. The second-order valence-corrected chi connectivity index (χ2v) is 7.14. The Kier molecular flexibility index (Phi) is 8.40. The predicted molar refractivity (Wildman–Crippen MR) is 115 cm³/mol. The minimum Gasteiger partial charge on any atom is -0.376 e. The predicted octanol–water partition coefficient (Wildman–Crippen LogP) is 3.48. The van der Waals surface area contributed by atoms with E-state index in [1.807, 2.05) is 44.2 Å². The molecule has 0 aliphatic rings. The SMILES string of the molecule is CCCc1ccc(C(=O)CCC(=O)NNC(=O)CNc2ccc(C)cc2C)cc1. The molecule has 0 aliphatic heterocycles. The Labute approximate surface area is 172 Å². The number of aryl methyl sites for hydroxylation is 3. The van der Waals surface area contributed by atoms with Gasteiger partial charge >= 0.3 is 0 Å². The first-order chi connectivity index (χ1) is 13.9. The Bertz CT molecular complexity index is 860. The molecule has 0 spiro atoms. The lowest BCUT2D eigenvalue weighted by atomic mass is 10.0. The van der Waals surface area contributed by atoms with Gasteiger partial charge in [0.2, 0.25) is 5.91 Å². The van der Waals surface area contributed by atoms with Crippen LogP contribution in [0.3, 0.4) is 0 Å². The zero-order chi connectivity index (χ0) is 21.2. The van der Waals surface area contributed by atoms with Gasteiger partial charge in [0.1, 0.15) is 0 Å². The van der Waals surface area contributed by atoms with Gasteiger partial charge in [-0.1, -0.05) is 55.3 Å². The van der Waals surface area contributed by atoms with Crippen LogP contribution in [-0.4, -0.2) is 24.1 Å². The highest BCUT2D eigenvalue weighted by molar-refractivity contribution is 5.98. The Morgan fingerprint density at radius 3 is 2.21 bits per heavy atom. The van der Waals surface area contributed by atoms with Gasteiger partial charge in [-0.15, -0.1) is 0 Å². The summed E-state index contributed by atoms with van der Waals surface area (Å²) >= 11 is 0. The highest BCUT2D eigenvalue weighted by atomic mass is 16.2. The molecule has 3 N–H and O–H groups in total. The molecule has 0 saturated carbocycles. The maximum atomic E-state index is 12.2. The van der Waals surface area contributed by atoms with Crippen molar-refractivity contribution < 1.29 is 14.4 Å². The smallest absolute Gasteiger partial charge is 0.257 e. The average Bonchev–Trinajstić information content (AvgIpc) is 2.70. The van der Waals surface area contributed by atoms with Crippen LogP contribution in [0.1, 0.15) is 53.2 Å². The topological polar surface area (TPSA) is 87.3 Å². The number of carbonyl (C=O) groups excluding carboxylic acids is 3. The van der Waals surface area contributed by atoms with Crippen LogP contribution in [0.25, 0.3) is 0 Å². The van der Waals surface area contributed by atoms with Crippen molar-refractivity contribution in [3.05, 3.63) is 64.7 Å². The van der Waals surface area contributed by atoms with Crippen molar-refractivity contribution in [3.8, 4) is 0 Å². The average molecular weight is 396 g/mol. The zero-order valence-corrected chi connectivity index (χ0v) is 17.3. The van der Waals surface area contributed by atoms with Gasteiger partial charge in [0.05, 0.1) is 6.54 Å². The molecule has 0 bridgehead atoms. The van der Waals surface area contributed by atoms with Crippen molar-refractivity contribution >= 4 is 23.3 Å². The van der Waals surface area contributed by atoms with Crippen LogP contribution >= 0.6 is 0 Å². The number of hydrogen-bond acceptors (Lipinski definition) is 4. The van der Waals surface area contributed by atoms with Gasteiger partial charge in [-0.05, 0) is 37.5 Å². The normalized spacial score (nSPS) is 10.3. The standard InChI is InChI=1S/C23H29N3O3/c1-4-5-18-7-9-19(10-8-18)21(27)12-13-22(28)25-26-23(29)15-24-20-11-6-16(2)14-17(20)3/h6-11,14,24H,4-5,12-13,15H2,1-3H3,(H,25,28)(H,26,29). The summed E-state index contributed by atoms with van der Waals surface area (Å²) in [6, 6.07) is 13.4. The second-order valence-electron chi connectivity index (χ2n) is 7.14. The lowest BCUT2D eigenvalue weighted by molar-refractivity contribution is -0.128. The van der Waals surface area contributed by atoms with E-state index in [0.29, 0.717) is 5.56 Å². The highest BCUT2D eigenvalue weighted by Crippen LogP contribution is 2.15. The minimum atomic E-state index is -0.402. The number of nitrogens with one attached hydrogen (secondary N) is 3.